The van der Waals surface area contributed by atoms with E-state index in [1.807, 2.05) is 11.7 Å². The monoisotopic (exact) mass is 263 g/mol. The molecule has 17 heavy (non-hydrogen) atoms. The van der Waals surface area contributed by atoms with E-state index >= 15 is 0 Å². The van der Waals surface area contributed by atoms with E-state index in [-0.39, 0.29) is 0 Å². The van der Waals surface area contributed by atoms with Crippen molar-refractivity contribution in [1.29, 1.82) is 0 Å². The van der Waals surface area contributed by atoms with Gasteiger partial charge in [-0.2, -0.15) is 11.8 Å². The summed E-state index contributed by atoms with van der Waals surface area (Å²) in [6.45, 7) is 5.27. The highest BCUT2D eigenvalue weighted by atomic mass is 32.2. The van der Waals surface area contributed by atoms with Crippen molar-refractivity contribution in [3.8, 4) is 0 Å². The van der Waals surface area contributed by atoms with Gasteiger partial charge in [-0.15, -0.1) is 0 Å². The van der Waals surface area contributed by atoms with Crippen LogP contribution < -0.4 is 16.6 Å². The summed E-state index contributed by atoms with van der Waals surface area (Å²) < 4.78 is 5.07. The number of thioether (sulfide) groups is 1. The van der Waals surface area contributed by atoms with Gasteiger partial charge in [-0.25, -0.2) is 10.6 Å². The Labute approximate surface area is 106 Å². The molecule has 0 aromatic heterocycles. The summed E-state index contributed by atoms with van der Waals surface area (Å²) in [4.78, 5) is 22.9. The van der Waals surface area contributed by atoms with Crippen LogP contribution in [0.2, 0.25) is 0 Å². The number of ether oxygens (including phenoxy) is 1. The van der Waals surface area contributed by atoms with Crippen molar-refractivity contribution in [1.82, 2.24) is 10.7 Å². The zero-order chi connectivity index (χ0) is 13.5. The highest BCUT2D eigenvalue weighted by Crippen LogP contribution is 2.08. The zero-order valence-corrected chi connectivity index (χ0v) is 11.5. The zero-order valence-electron chi connectivity index (χ0n) is 10.7. The van der Waals surface area contributed by atoms with Crippen LogP contribution in [0.5, 0.6) is 0 Å². The normalized spacial score (nSPS) is 12.8. The van der Waals surface area contributed by atoms with Crippen molar-refractivity contribution in [2.24, 2.45) is 5.84 Å². The van der Waals surface area contributed by atoms with Crippen LogP contribution >= 0.6 is 11.8 Å². The highest BCUT2D eigenvalue weighted by Gasteiger charge is 2.23. The van der Waals surface area contributed by atoms with E-state index in [0.29, 0.717) is 6.42 Å². The predicted molar refractivity (Wildman–Crippen MR) is 68.5 cm³/mol. The quantitative estimate of drug-likeness (QED) is 0.384. The molecule has 0 aromatic carbocycles. The van der Waals surface area contributed by atoms with Gasteiger partial charge >= 0.3 is 6.09 Å². The summed E-state index contributed by atoms with van der Waals surface area (Å²) in [5.74, 6) is 5.37. The molecule has 0 bridgehead atoms. The van der Waals surface area contributed by atoms with Crippen LogP contribution in [-0.2, 0) is 9.53 Å². The van der Waals surface area contributed by atoms with Crippen molar-refractivity contribution >= 4 is 23.8 Å². The Morgan fingerprint density at radius 3 is 2.41 bits per heavy atom. The van der Waals surface area contributed by atoms with Crippen LogP contribution in [-0.4, -0.2) is 35.7 Å². The van der Waals surface area contributed by atoms with Crippen molar-refractivity contribution in [3.63, 3.8) is 0 Å². The molecule has 0 radical (unpaired) electrons. The van der Waals surface area contributed by atoms with Crippen molar-refractivity contribution < 1.29 is 14.3 Å². The minimum absolute atomic E-state index is 0.426. The Morgan fingerprint density at radius 1 is 1.41 bits per heavy atom. The van der Waals surface area contributed by atoms with E-state index in [4.69, 9.17) is 10.6 Å². The maximum absolute atomic E-state index is 11.5. The van der Waals surface area contributed by atoms with Gasteiger partial charge in [0, 0.05) is 0 Å². The number of hydrogen-bond acceptors (Lipinski definition) is 5. The Balaban J connectivity index is 4.32. The Kier molecular flexibility index (Phi) is 6.98. The molecule has 4 N–H and O–H groups in total. The highest BCUT2D eigenvalue weighted by molar-refractivity contribution is 7.98. The van der Waals surface area contributed by atoms with E-state index in [2.05, 4.69) is 5.32 Å². The largest absolute Gasteiger partial charge is 0.444 e. The average Bonchev–Trinajstić information content (AvgIpc) is 2.20. The Bertz CT molecular complexity index is 266. The predicted octanol–water partition coefficient (Wildman–Crippen LogP) is 0.623. The molecular weight excluding hydrogens is 242 g/mol. The van der Waals surface area contributed by atoms with Crippen LogP contribution in [0.4, 0.5) is 4.79 Å². The molecule has 0 fully saturated rings. The number of carbonyl (C=O) groups is 2. The smallest absolute Gasteiger partial charge is 0.408 e. The van der Waals surface area contributed by atoms with Gasteiger partial charge in [-0.1, -0.05) is 0 Å². The first-order valence-electron chi connectivity index (χ1n) is 5.29. The first-order chi connectivity index (χ1) is 7.80. The minimum atomic E-state index is -0.665. The van der Waals surface area contributed by atoms with Gasteiger partial charge in [0.15, 0.2) is 0 Å². The lowest BCUT2D eigenvalue weighted by atomic mass is 10.2. The van der Waals surface area contributed by atoms with Crippen molar-refractivity contribution in [2.75, 3.05) is 12.0 Å². The van der Waals surface area contributed by atoms with Crippen LogP contribution in [0.3, 0.4) is 0 Å². The topological polar surface area (TPSA) is 93.4 Å². The number of nitrogens with two attached hydrogens (primary N) is 1. The lowest BCUT2D eigenvalue weighted by Crippen LogP contribution is -2.50. The fraction of sp³-hybridized carbons (Fsp3) is 0.800. The molecule has 6 nitrogen and oxygen atoms in total. The molecule has 0 spiro atoms. The van der Waals surface area contributed by atoms with E-state index in [9.17, 15) is 9.59 Å². The summed E-state index contributed by atoms with van der Waals surface area (Å²) in [7, 11) is 0. The molecule has 0 saturated heterocycles. The third-order valence-corrected chi connectivity index (χ3v) is 2.40. The van der Waals surface area contributed by atoms with Crippen molar-refractivity contribution in [3.05, 3.63) is 0 Å². The van der Waals surface area contributed by atoms with Gasteiger partial charge in [0.1, 0.15) is 11.6 Å². The Morgan fingerprint density at radius 2 is 2.00 bits per heavy atom. The molecule has 100 valence electrons. The molecule has 0 saturated carbocycles. The molecule has 0 aliphatic carbocycles. The first-order valence-corrected chi connectivity index (χ1v) is 6.68. The number of nitrogens with one attached hydrogen (secondary N) is 2. The SMILES string of the molecule is CSCC[C@@H](NC(=O)OC(C)(C)C)C(=O)NN. The molecule has 0 aliphatic rings. The summed E-state index contributed by atoms with van der Waals surface area (Å²) in [5.41, 5.74) is 1.43. The number of hydrogen-bond donors (Lipinski definition) is 3. The van der Waals surface area contributed by atoms with Crippen LogP contribution in [0.25, 0.3) is 0 Å². The Hall–Kier alpha value is -0.950. The van der Waals surface area contributed by atoms with Crippen molar-refractivity contribution in [2.45, 2.75) is 38.8 Å². The lowest BCUT2D eigenvalue weighted by molar-refractivity contribution is -0.123. The maximum Gasteiger partial charge on any atom is 0.408 e. The van der Waals surface area contributed by atoms with Crippen LogP contribution in [0.15, 0.2) is 0 Å². The molecule has 0 aromatic rings. The molecule has 2 amide bonds. The molecule has 0 unspecified atom stereocenters. The molecule has 0 rings (SSSR count). The van der Waals surface area contributed by atoms with Gasteiger partial charge in [0.05, 0.1) is 0 Å². The van der Waals surface area contributed by atoms with E-state index in [1.54, 1.807) is 32.5 Å². The fourth-order valence-corrected chi connectivity index (χ4v) is 1.53. The third-order valence-electron chi connectivity index (χ3n) is 1.76. The average molecular weight is 263 g/mol. The first kappa shape index (κ1) is 16.1. The molecule has 1 atom stereocenters. The van der Waals surface area contributed by atoms with Crippen LogP contribution in [0.1, 0.15) is 27.2 Å². The van der Waals surface area contributed by atoms with Gasteiger partial charge in [-0.05, 0) is 39.2 Å². The second kappa shape index (κ2) is 7.39. The fourth-order valence-electron chi connectivity index (χ4n) is 1.05. The number of carbonyl (C=O) groups excluding carboxylic acids is 2. The second-order valence-electron chi connectivity index (χ2n) is 4.49. The van der Waals surface area contributed by atoms with Gasteiger partial charge in [-0.3, -0.25) is 10.2 Å². The van der Waals surface area contributed by atoms with Gasteiger partial charge in [0.2, 0.25) is 0 Å². The number of amides is 2. The molecule has 0 heterocycles. The molecule has 7 heteroatoms. The summed E-state index contributed by atoms with van der Waals surface area (Å²) in [5, 5.41) is 2.49. The minimum Gasteiger partial charge on any atom is -0.444 e. The lowest BCUT2D eigenvalue weighted by Gasteiger charge is -2.22. The molecule has 0 aliphatic heterocycles. The summed E-state index contributed by atoms with van der Waals surface area (Å²) >= 11 is 1.59. The third kappa shape index (κ3) is 7.87. The standard InChI is InChI=1S/C10H21N3O3S/c1-10(2,3)16-9(15)12-7(5-6-17-4)8(14)13-11/h7H,5-6,11H2,1-4H3,(H,12,15)(H,13,14)/t7-/m1/s1. The van der Waals surface area contributed by atoms with Gasteiger partial charge < -0.3 is 10.1 Å². The number of alkyl carbamates (subject to hydrolysis) is 1. The van der Waals surface area contributed by atoms with E-state index in [0.717, 1.165) is 5.75 Å². The summed E-state index contributed by atoms with van der Waals surface area (Å²) in [6, 6.07) is -0.665. The maximum atomic E-state index is 11.5. The van der Waals surface area contributed by atoms with Gasteiger partial charge in [0.25, 0.3) is 5.91 Å². The van der Waals surface area contributed by atoms with Crippen LogP contribution in [0, 0.1) is 0 Å². The number of rotatable bonds is 5. The summed E-state index contributed by atoms with van der Waals surface area (Å²) in [6.07, 6.45) is 1.81. The second-order valence-corrected chi connectivity index (χ2v) is 5.47. The van der Waals surface area contributed by atoms with E-state index in [1.165, 1.54) is 0 Å². The number of hydrazine groups is 1. The van der Waals surface area contributed by atoms with E-state index < -0.39 is 23.6 Å². The molecular formula is C10H21N3O3S.